The second-order valence-electron chi connectivity index (χ2n) is 7.31. The first-order valence-corrected chi connectivity index (χ1v) is 9.65. The van der Waals surface area contributed by atoms with Crippen molar-refractivity contribution in [1.82, 2.24) is 24.7 Å². The fourth-order valence-electron chi connectivity index (χ4n) is 3.95. The minimum atomic E-state index is 0.318. The van der Waals surface area contributed by atoms with E-state index in [1.807, 2.05) is 28.9 Å². The molecule has 0 bridgehead atoms. The van der Waals surface area contributed by atoms with E-state index in [0.29, 0.717) is 17.1 Å². The lowest BCUT2D eigenvalue weighted by atomic mass is 9.98. The van der Waals surface area contributed by atoms with Gasteiger partial charge in [0.25, 0.3) is 0 Å². The Kier molecular flexibility index (Phi) is 4.02. The van der Waals surface area contributed by atoms with E-state index in [-0.39, 0.29) is 0 Å². The van der Waals surface area contributed by atoms with Crippen LogP contribution in [0.1, 0.15) is 13.3 Å². The lowest BCUT2D eigenvalue weighted by Crippen LogP contribution is -2.42. The fourth-order valence-corrected chi connectivity index (χ4v) is 4.23. The Balaban J connectivity index is 1.64. The Bertz CT molecular complexity index is 1110. The third-order valence-electron chi connectivity index (χ3n) is 5.24. The molecule has 2 atom stereocenters. The van der Waals surface area contributed by atoms with Crippen LogP contribution in [0.5, 0.6) is 0 Å². The highest BCUT2D eigenvalue weighted by molar-refractivity contribution is 6.32. The van der Waals surface area contributed by atoms with E-state index in [9.17, 15) is 0 Å². The van der Waals surface area contributed by atoms with Gasteiger partial charge in [-0.25, -0.2) is 9.97 Å². The molecule has 6 nitrogen and oxygen atoms in total. The highest BCUT2D eigenvalue weighted by Gasteiger charge is 2.22. The molecule has 0 spiro atoms. The monoisotopic (exact) mass is 380 g/mol. The molecule has 1 saturated heterocycles. The van der Waals surface area contributed by atoms with E-state index >= 15 is 0 Å². The van der Waals surface area contributed by atoms with Gasteiger partial charge in [-0.05, 0) is 24.9 Å². The van der Waals surface area contributed by atoms with Crippen LogP contribution in [0.25, 0.3) is 27.8 Å². The molecular formula is C20H21ClN6. The summed E-state index contributed by atoms with van der Waals surface area (Å²) in [5.74, 6) is 1.40. The lowest BCUT2D eigenvalue weighted by molar-refractivity contribution is 0.378. The first kappa shape index (κ1) is 16.6. The molecular weight excluding hydrogens is 360 g/mol. The van der Waals surface area contributed by atoms with Crippen molar-refractivity contribution in [3.8, 4) is 11.3 Å². The SMILES string of the molecule is C[C@@H]1CNC[C@@H](Nc2nc(-c3c[nH]c4ccccc34)c(Cl)n3ccnc23)C1. The number of hydrogen-bond acceptors (Lipinski definition) is 4. The summed E-state index contributed by atoms with van der Waals surface area (Å²) in [6, 6.07) is 8.49. The molecule has 4 aromatic rings. The van der Waals surface area contributed by atoms with E-state index in [1.54, 1.807) is 6.20 Å². The molecule has 5 rings (SSSR count). The molecule has 1 fully saturated rings. The van der Waals surface area contributed by atoms with Crippen LogP contribution in [0.4, 0.5) is 5.82 Å². The van der Waals surface area contributed by atoms with Gasteiger partial charge in [0.15, 0.2) is 11.5 Å². The summed E-state index contributed by atoms with van der Waals surface area (Å²) in [6.45, 7) is 4.24. The van der Waals surface area contributed by atoms with Crippen LogP contribution < -0.4 is 10.6 Å². The van der Waals surface area contributed by atoms with Crippen LogP contribution in [0.15, 0.2) is 42.9 Å². The van der Waals surface area contributed by atoms with E-state index in [2.05, 4.69) is 39.7 Å². The molecule has 0 unspecified atom stereocenters. The molecule has 0 radical (unpaired) electrons. The molecule has 3 aromatic heterocycles. The number of nitrogens with one attached hydrogen (secondary N) is 3. The van der Waals surface area contributed by atoms with E-state index in [4.69, 9.17) is 16.6 Å². The molecule has 1 aromatic carbocycles. The van der Waals surface area contributed by atoms with Crippen molar-refractivity contribution >= 4 is 34.0 Å². The number of nitrogens with zero attached hydrogens (tertiary/aromatic N) is 3. The van der Waals surface area contributed by atoms with Crippen LogP contribution in [-0.2, 0) is 0 Å². The van der Waals surface area contributed by atoms with Gasteiger partial charge < -0.3 is 15.6 Å². The number of benzene rings is 1. The van der Waals surface area contributed by atoms with Crippen molar-refractivity contribution in [3.05, 3.63) is 48.0 Å². The van der Waals surface area contributed by atoms with Gasteiger partial charge >= 0.3 is 0 Å². The van der Waals surface area contributed by atoms with Crippen molar-refractivity contribution in [3.63, 3.8) is 0 Å². The number of H-pyrrole nitrogens is 1. The van der Waals surface area contributed by atoms with E-state index < -0.39 is 0 Å². The first-order valence-electron chi connectivity index (χ1n) is 9.27. The quantitative estimate of drug-likeness (QED) is 0.503. The Morgan fingerprint density at radius 3 is 3.04 bits per heavy atom. The number of imidazole rings is 1. The van der Waals surface area contributed by atoms with Gasteiger partial charge in [0.05, 0.1) is 0 Å². The van der Waals surface area contributed by atoms with Crippen LogP contribution in [0.2, 0.25) is 5.15 Å². The average molecular weight is 381 g/mol. The van der Waals surface area contributed by atoms with E-state index in [0.717, 1.165) is 53.1 Å². The minimum absolute atomic E-state index is 0.318. The molecule has 0 amide bonds. The molecule has 27 heavy (non-hydrogen) atoms. The van der Waals surface area contributed by atoms with Gasteiger partial charge in [-0.2, -0.15) is 0 Å². The second kappa shape index (κ2) is 6.55. The summed E-state index contributed by atoms with van der Waals surface area (Å²) in [5.41, 5.74) is 3.56. The molecule has 0 saturated carbocycles. The van der Waals surface area contributed by atoms with Gasteiger partial charge in [-0.15, -0.1) is 0 Å². The molecule has 7 heteroatoms. The van der Waals surface area contributed by atoms with Crippen LogP contribution in [0, 0.1) is 5.92 Å². The molecule has 1 aliphatic heterocycles. The average Bonchev–Trinajstić information content (AvgIpc) is 3.32. The Morgan fingerprint density at radius 2 is 2.15 bits per heavy atom. The molecule has 3 N–H and O–H groups in total. The number of fused-ring (bicyclic) bond motifs is 2. The standard InChI is InChI=1S/C20H21ClN6/c1-12-8-13(10-22-9-12)25-19-20-23-6-7-27(20)18(21)17(26-19)15-11-24-16-5-3-2-4-14(15)16/h2-7,11-13,22,24H,8-10H2,1H3,(H,25,26)/t12-,13-/m0/s1. The van der Waals surface area contributed by atoms with Crippen LogP contribution in [0.3, 0.4) is 0 Å². The largest absolute Gasteiger partial charge is 0.363 e. The maximum Gasteiger partial charge on any atom is 0.181 e. The first-order chi connectivity index (χ1) is 13.2. The minimum Gasteiger partial charge on any atom is -0.363 e. The number of piperidine rings is 1. The van der Waals surface area contributed by atoms with Crippen LogP contribution >= 0.6 is 11.6 Å². The zero-order valence-corrected chi connectivity index (χ0v) is 15.8. The van der Waals surface area contributed by atoms with Crippen LogP contribution in [-0.4, -0.2) is 38.5 Å². The maximum atomic E-state index is 6.72. The highest BCUT2D eigenvalue weighted by atomic mass is 35.5. The topological polar surface area (TPSA) is 70.0 Å². The summed E-state index contributed by atoms with van der Waals surface area (Å²) in [7, 11) is 0. The van der Waals surface area contributed by atoms with Gasteiger partial charge in [-0.3, -0.25) is 4.40 Å². The highest BCUT2D eigenvalue weighted by Crippen LogP contribution is 2.34. The van der Waals surface area contributed by atoms with Crippen molar-refractivity contribution in [2.45, 2.75) is 19.4 Å². The number of aromatic nitrogens is 4. The third-order valence-corrected chi connectivity index (χ3v) is 5.60. The lowest BCUT2D eigenvalue weighted by Gasteiger charge is -2.29. The second-order valence-corrected chi connectivity index (χ2v) is 7.67. The summed E-state index contributed by atoms with van der Waals surface area (Å²) < 4.78 is 1.90. The summed E-state index contributed by atoms with van der Waals surface area (Å²) >= 11 is 6.72. The Labute approximate surface area is 162 Å². The Hall–Kier alpha value is -2.57. The number of rotatable bonds is 3. The predicted molar refractivity (Wildman–Crippen MR) is 109 cm³/mol. The number of para-hydroxylation sites is 1. The molecule has 0 aliphatic carbocycles. The number of halogens is 1. The predicted octanol–water partition coefficient (Wildman–Crippen LogP) is 3.94. The van der Waals surface area contributed by atoms with Gasteiger partial charge in [0, 0.05) is 47.6 Å². The Morgan fingerprint density at radius 1 is 1.26 bits per heavy atom. The van der Waals surface area contributed by atoms with Crippen molar-refractivity contribution in [2.24, 2.45) is 5.92 Å². The third kappa shape index (κ3) is 2.85. The van der Waals surface area contributed by atoms with Gasteiger partial charge in [0.1, 0.15) is 10.8 Å². The molecule has 138 valence electrons. The number of hydrogen-bond donors (Lipinski definition) is 3. The van der Waals surface area contributed by atoms with E-state index in [1.165, 1.54) is 0 Å². The summed E-state index contributed by atoms with van der Waals surface area (Å²) in [5, 5.41) is 8.73. The zero-order valence-electron chi connectivity index (χ0n) is 15.0. The smallest absolute Gasteiger partial charge is 0.181 e. The maximum absolute atomic E-state index is 6.72. The summed E-state index contributed by atoms with van der Waals surface area (Å²) in [6.07, 6.45) is 6.71. The van der Waals surface area contributed by atoms with Gasteiger partial charge in [0.2, 0.25) is 0 Å². The fraction of sp³-hybridized carbons (Fsp3) is 0.300. The normalized spacial score (nSPS) is 20.4. The van der Waals surface area contributed by atoms with Crippen molar-refractivity contribution < 1.29 is 0 Å². The van der Waals surface area contributed by atoms with Gasteiger partial charge in [-0.1, -0.05) is 36.7 Å². The van der Waals surface area contributed by atoms with Crippen molar-refractivity contribution in [1.29, 1.82) is 0 Å². The number of aromatic amines is 1. The number of anilines is 1. The summed E-state index contributed by atoms with van der Waals surface area (Å²) in [4.78, 5) is 12.7. The van der Waals surface area contributed by atoms with Crippen molar-refractivity contribution in [2.75, 3.05) is 18.4 Å². The molecule has 1 aliphatic rings. The zero-order chi connectivity index (χ0) is 18.4. The molecule has 4 heterocycles.